The van der Waals surface area contributed by atoms with Gasteiger partial charge in [0.25, 0.3) is 0 Å². The van der Waals surface area contributed by atoms with Crippen LogP contribution in [0.2, 0.25) is 0 Å². The zero-order valence-corrected chi connectivity index (χ0v) is 11.4. The van der Waals surface area contributed by atoms with E-state index in [0.717, 1.165) is 0 Å². The SMILES string of the molecule is CC(=O)NCCOCCOCCOCCOCC=O. The molecule has 1 amide bonds. The van der Waals surface area contributed by atoms with Gasteiger partial charge in [0.2, 0.25) is 5.91 Å². The smallest absolute Gasteiger partial charge is 0.216 e. The third-order valence-electron chi connectivity index (χ3n) is 1.92. The Balaban J connectivity index is 2.95. The summed E-state index contributed by atoms with van der Waals surface area (Å²) in [5.41, 5.74) is 0. The first-order valence-electron chi connectivity index (χ1n) is 6.26. The van der Waals surface area contributed by atoms with E-state index in [4.69, 9.17) is 18.9 Å². The van der Waals surface area contributed by atoms with Crippen LogP contribution in [-0.2, 0) is 28.5 Å². The summed E-state index contributed by atoms with van der Waals surface area (Å²) in [6.45, 7) is 5.37. The van der Waals surface area contributed by atoms with E-state index in [9.17, 15) is 9.59 Å². The number of carbonyl (C=O) groups excluding carboxylic acids is 2. The average molecular weight is 277 g/mol. The molecule has 0 aliphatic carbocycles. The van der Waals surface area contributed by atoms with E-state index >= 15 is 0 Å². The highest BCUT2D eigenvalue weighted by Crippen LogP contribution is 1.82. The number of nitrogens with one attached hydrogen (secondary N) is 1. The van der Waals surface area contributed by atoms with Gasteiger partial charge in [0.15, 0.2) is 0 Å². The van der Waals surface area contributed by atoms with Gasteiger partial charge in [-0.2, -0.15) is 0 Å². The molecule has 0 aromatic heterocycles. The fraction of sp³-hybridized carbons (Fsp3) is 0.833. The summed E-state index contributed by atoms with van der Waals surface area (Å²) in [6, 6.07) is 0. The van der Waals surface area contributed by atoms with Gasteiger partial charge in [-0.05, 0) is 0 Å². The Morgan fingerprint density at radius 2 is 1.37 bits per heavy atom. The minimum atomic E-state index is -0.0610. The molecule has 0 spiro atoms. The Labute approximate surface area is 113 Å². The molecular weight excluding hydrogens is 254 g/mol. The highest BCUT2D eigenvalue weighted by molar-refractivity contribution is 5.72. The largest absolute Gasteiger partial charge is 0.377 e. The average Bonchev–Trinajstić information content (AvgIpc) is 2.39. The van der Waals surface area contributed by atoms with Gasteiger partial charge >= 0.3 is 0 Å². The van der Waals surface area contributed by atoms with Gasteiger partial charge in [-0.25, -0.2) is 0 Å². The number of hydrogen-bond acceptors (Lipinski definition) is 6. The first-order valence-corrected chi connectivity index (χ1v) is 6.26. The summed E-state index contributed by atoms with van der Waals surface area (Å²) >= 11 is 0. The zero-order valence-electron chi connectivity index (χ0n) is 11.4. The minimum absolute atomic E-state index is 0.0610. The van der Waals surface area contributed by atoms with Crippen LogP contribution < -0.4 is 5.32 Å². The van der Waals surface area contributed by atoms with Crippen molar-refractivity contribution in [3.8, 4) is 0 Å². The lowest BCUT2D eigenvalue weighted by molar-refractivity contribution is -0.119. The molecule has 0 saturated carbocycles. The molecule has 0 aliphatic heterocycles. The lowest BCUT2D eigenvalue weighted by atomic mass is 10.6. The molecule has 1 N–H and O–H groups in total. The standard InChI is InChI=1S/C12H23NO6/c1-12(15)13-2-4-16-6-8-18-10-11-19-9-7-17-5-3-14/h3H,2,4-11H2,1H3,(H,13,15). The highest BCUT2D eigenvalue weighted by atomic mass is 16.6. The van der Waals surface area contributed by atoms with Crippen LogP contribution in [-0.4, -0.2) is 71.6 Å². The Kier molecular flexibility index (Phi) is 14.2. The lowest BCUT2D eigenvalue weighted by Gasteiger charge is -2.07. The van der Waals surface area contributed by atoms with Crippen molar-refractivity contribution in [1.82, 2.24) is 5.32 Å². The topological polar surface area (TPSA) is 83.1 Å². The van der Waals surface area contributed by atoms with Gasteiger partial charge in [-0.1, -0.05) is 0 Å². The Hall–Kier alpha value is -1.02. The molecule has 0 unspecified atom stereocenters. The second-order valence-electron chi connectivity index (χ2n) is 3.56. The highest BCUT2D eigenvalue weighted by Gasteiger charge is 1.93. The minimum Gasteiger partial charge on any atom is -0.377 e. The van der Waals surface area contributed by atoms with E-state index in [1.165, 1.54) is 6.92 Å². The van der Waals surface area contributed by atoms with Crippen molar-refractivity contribution in [3.05, 3.63) is 0 Å². The van der Waals surface area contributed by atoms with Crippen molar-refractivity contribution < 1.29 is 28.5 Å². The molecule has 0 heterocycles. The summed E-state index contributed by atoms with van der Waals surface area (Å²) < 4.78 is 20.6. The molecule has 0 aliphatic rings. The van der Waals surface area contributed by atoms with Crippen LogP contribution >= 0.6 is 0 Å². The van der Waals surface area contributed by atoms with Crippen molar-refractivity contribution in [3.63, 3.8) is 0 Å². The summed E-state index contributed by atoms with van der Waals surface area (Å²) in [4.78, 5) is 20.5. The van der Waals surface area contributed by atoms with Crippen LogP contribution in [0.1, 0.15) is 6.92 Å². The van der Waals surface area contributed by atoms with Crippen molar-refractivity contribution >= 4 is 12.2 Å². The molecule has 112 valence electrons. The molecule has 0 rings (SSSR count). The predicted octanol–water partition coefficient (Wildman–Crippen LogP) is -0.612. The van der Waals surface area contributed by atoms with E-state index in [0.29, 0.717) is 59.1 Å². The van der Waals surface area contributed by atoms with E-state index in [1.54, 1.807) is 0 Å². The van der Waals surface area contributed by atoms with E-state index in [1.807, 2.05) is 0 Å². The van der Waals surface area contributed by atoms with Crippen LogP contribution in [0.15, 0.2) is 0 Å². The molecule has 0 radical (unpaired) electrons. The van der Waals surface area contributed by atoms with E-state index in [2.05, 4.69) is 5.32 Å². The molecular formula is C12H23NO6. The summed E-state index contributed by atoms with van der Waals surface area (Å²) in [5, 5.41) is 2.63. The number of amides is 1. The molecule has 0 saturated heterocycles. The fourth-order valence-electron chi connectivity index (χ4n) is 1.09. The quantitative estimate of drug-likeness (QED) is 0.337. The summed E-state index contributed by atoms with van der Waals surface area (Å²) in [5.74, 6) is -0.0610. The molecule has 7 nitrogen and oxygen atoms in total. The Morgan fingerprint density at radius 1 is 0.895 bits per heavy atom. The molecule has 19 heavy (non-hydrogen) atoms. The van der Waals surface area contributed by atoms with Gasteiger partial charge < -0.3 is 29.1 Å². The molecule has 0 aromatic carbocycles. The number of carbonyl (C=O) groups is 2. The summed E-state index contributed by atoms with van der Waals surface area (Å²) in [7, 11) is 0. The van der Waals surface area contributed by atoms with Gasteiger partial charge in [0.05, 0.1) is 46.2 Å². The number of aldehydes is 1. The van der Waals surface area contributed by atoms with Gasteiger partial charge in [-0.3, -0.25) is 4.79 Å². The third-order valence-corrected chi connectivity index (χ3v) is 1.92. The fourth-order valence-corrected chi connectivity index (χ4v) is 1.09. The maximum atomic E-state index is 10.5. The molecule has 0 bridgehead atoms. The predicted molar refractivity (Wildman–Crippen MR) is 68.0 cm³/mol. The van der Waals surface area contributed by atoms with Crippen LogP contribution in [0.4, 0.5) is 0 Å². The zero-order chi connectivity index (χ0) is 14.2. The van der Waals surface area contributed by atoms with Crippen LogP contribution in [0.3, 0.4) is 0 Å². The molecule has 7 heteroatoms. The monoisotopic (exact) mass is 277 g/mol. The molecule has 0 fully saturated rings. The lowest BCUT2D eigenvalue weighted by Crippen LogP contribution is -2.25. The Morgan fingerprint density at radius 3 is 1.84 bits per heavy atom. The van der Waals surface area contributed by atoms with Crippen molar-refractivity contribution in [2.24, 2.45) is 0 Å². The van der Waals surface area contributed by atoms with Crippen LogP contribution in [0.5, 0.6) is 0 Å². The molecule has 0 atom stereocenters. The maximum Gasteiger partial charge on any atom is 0.216 e. The van der Waals surface area contributed by atoms with E-state index < -0.39 is 0 Å². The number of ether oxygens (including phenoxy) is 4. The van der Waals surface area contributed by atoms with Crippen LogP contribution in [0.25, 0.3) is 0 Å². The van der Waals surface area contributed by atoms with Crippen molar-refractivity contribution in [2.45, 2.75) is 6.92 Å². The second kappa shape index (κ2) is 15.0. The second-order valence-corrected chi connectivity index (χ2v) is 3.56. The normalized spacial score (nSPS) is 10.4. The number of rotatable bonds is 14. The van der Waals surface area contributed by atoms with Gasteiger partial charge in [-0.15, -0.1) is 0 Å². The third kappa shape index (κ3) is 17.0. The molecule has 0 aromatic rings. The Bertz CT molecular complexity index is 224. The van der Waals surface area contributed by atoms with Crippen LogP contribution in [0, 0.1) is 0 Å². The van der Waals surface area contributed by atoms with Crippen molar-refractivity contribution in [1.29, 1.82) is 0 Å². The van der Waals surface area contributed by atoms with Crippen molar-refractivity contribution in [2.75, 3.05) is 59.4 Å². The van der Waals surface area contributed by atoms with E-state index in [-0.39, 0.29) is 12.5 Å². The maximum absolute atomic E-state index is 10.5. The first-order chi connectivity index (χ1) is 9.27. The van der Waals surface area contributed by atoms with Gasteiger partial charge in [0.1, 0.15) is 12.9 Å². The summed E-state index contributed by atoms with van der Waals surface area (Å²) in [6.07, 6.45) is 0.703. The number of hydrogen-bond donors (Lipinski definition) is 1. The van der Waals surface area contributed by atoms with Gasteiger partial charge in [0, 0.05) is 13.5 Å². The first kappa shape index (κ1) is 18.0.